The summed E-state index contributed by atoms with van der Waals surface area (Å²) < 4.78 is 5.53. The first-order chi connectivity index (χ1) is 8.63. The molecule has 1 saturated heterocycles. The molecule has 0 spiro atoms. The van der Waals surface area contributed by atoms with Crippen LogP contribution in [0.25, 0.3) is 0 Å². The van der Waals surface area contributed by atoms with Gasteiger partial charge < -0.3 is 20.7 Å². The number of benzene rings is 1. The van der Waals surface area contributed by atoms with Crippen molar-refractivity contribution in [2.45, 2.75) is 19.4 Å². The molecule has 0 aliphatic carbocycles. The van der Waals surface area contributed by atoms with E-state index in [0.29, 0.717) is 13.0 Å². The summed E-state index contributed by atoms with van der Waals surface area (Å²) in [5.74, 6) is 0.0388. The number of ether oxygens (including phenoxy) is 1. The third-order valence-corrected chi connectivity index (χ3v) is 3.46. The zero-order valence-electron chi connectivity index (χ0n) is 10.4. The zero-order valence-corrected chi connectivity index (χ0v) is 10.4. The lowest BCUT2D eigenvalue weighted by Gasteiger charge is -2.33. The Balaban J connectivity index is 1.93. The van der Waals surface area contributed by atoms with Crippen LogP contribution in [0, 0.1) is 0 Å². The molecule has 0 saturated carbocycles. The van der Waals surface area contributed by atoms with E-state index in [1.54, 1.807) is 0 Å². The first-order valence-electron chi connectivity index (χ1n) is 6.22. The van der Waals surface area contributed by atoms with Gasteiger partial charge in [-0.3, -0.25) is 4.79 Å². The summed E-state index contributed by atoms with van der Waals surface area (Å²) in [5, 5.41) is 2.86. The van der Waals surface area contributed by atoms with Crippen molar-refractivity contribution in [3.8, 4) is 0 Å². The van der Waals surface area contributed by atoms with Gasteiger partial charge in [-0.1, -0.05) is 0 Å². The van der Waals surface area contributed by atoms with Gasteiger partial charge in [0.2, 0.25) is 5.91 Å². The summed E-state index contributed by atoms with van der Waals surface area (Å²) in [7, 11) is 0. The molecule has 5 heteroatoms. The monoisotopic (exact) mass is 247 g/mol. The van der Waals surface area contributed by atoms with Gasteiger partial charge in [0.05, 0.1) is 30.5 Å². The molecule has 18 heavy (non-hydrogen) atoms. The van der Waals surface area contributed by atoms with Crippen molar-refractivity contribution in [1.82, 2.24) is 0 Å². The van der Waals surface area contributed by atoms with Gasteiger partial charge in [0.1, 0.15) is 0 Å². The molecule has 1 amide bonds. The fourth-order valence-corrected chi connectivity index (χ4v) is 2.59. The molecule has 0 aromatic heterocycles. The van der Waals surface area contributed by atoms with Crippen molar-refractivity contribution in [3.63, 3.8) is 0 Å². The van der Waals surface area contributed by atoms with E-state index in [0.717, 1.165) is 35.7 Å². The fraction of sp³-hybridized carbons (Fsp3) is 0.462. The van der Waals surface area contributed by atoms with E-state index in [9.17, 15) is 4.79 Å². The third kappa shape index (κ3) is 1.90. The highest BCUT2D eigenvalue weighted by Gasteiger charge is 2.23. The molecule has 96 valence electrons. The first kappa shape index (κ1) is 11.3. The number of amides is 1. The molecular weight excluding hydrogens is 230 g/mol. The molecule has 1 aromatic rings. The fourth-order valence-electron chi connectivity index (χ4n) is 2.59. The Morgan fingerprint density at radius 3 is 3.11 bits per heavy atom. The van der Waals surface area contributed by atoms with Gasteiger partial charge in [0.25, 0.3) is 0 Å². The lowest BCUT2D eigenvalue weighted by atomic mass is 10.1. The van der Waals surface area contributed by atoms with E-state index >= 15 is 0 Å². The number of nitrogens with two attached hydrogens (primary N) is 1. The number of hydrogen-bond donors (Lipinski definition) is 2. The SMILES string of the molecule is CC1CN(c2cc3c(cc2N)CC(=O)N3)CCO1. The van der Waals surface area contributed by atoms with Crippen LogP contribution in [0.2, 0.25) is 0 Å². The number of rotatable bonds is 1. The molecule has 1 aromatic carbocycles. The van der Waals surface area contributed by atoms with Crippen LogP contribution in [0.4, 0.5) is 17.1 Å². The normalized spacial score (nSPS) is 22.8. The maximum atomic E-state index is 11.4. The second-order valence-electron chi connectivity index (χ2n) is 4.92. The van der Waals surface area contributed by atoms with Gasteiger partial charge in [-0.25, -0.2) is 0 Å². The molecule has 1 fully saturated rings. The number of carbonyl (C=O) groups excluding carboxylic acids is 1. The average molecular weight is 247 g/mol. The Kier molecular flexibility index (Phi) is 2.63. The topological polar surface area (TPSA) is 67.6 Å². The summed E-state index contributed by atoms with van der Waals surface area (Å²) in [4.78, 5) is 13.6. The standard InChI is InChI=1S/C13H17N3O2/c1-8-7-16(2-3-18-8)12-6-11-9(4-10(12)14)5-13(17)15-11/h4,6,8H,2-3,5,7,14H2,1H3,(H,15,17). The van der Waals surface area contributed by atoms with E-state index in [1.807, 2.05) is 12.1 Å². The molecule has 2 aliphatic rings. The lowest BCUT2D eigenvalue weighted by molar-refractivity contribution is -0.115. The number of nitrogen functional groups attached to an aromatic ring is 1. The summed E-state index contributed by atoms with van der Waals surface area (Å²) in [6.07, 6.45) is 0.639. The van der Waals surface area contributed by atoms with E-state index in [-0.39, 0.29) is 12.0 Å². The Hall–Kier alpha value is -1.75. The maximum absolute atomic E-state index is 11.4. The first-order valence-corrected chi connectivity index (χ1v) is 6.22. The van der Waals surface area contributed by atoms with Crippen LogP contribution in [-0.4, -0.2) is 31.7 Å². The van der Waals surface area contributed by atoms with Crippen molar-refractivity contribution in [3.05, 3.63) is 17.7 Å². The molecule has 0 radical (unpaired) electrons. The van der Waals surface area contributed by atoms with Crippen LogP contribution >= 0.6 is 0 Å². The number of anilines is 3. The second-order valence-corrected chi connectivity index (χ2v) is 4.92. The van der Waals surface area contributed by atoms with Crippen LogP contribution in [-0.2, 0) is 16.0 Å². The largest absolute Gasteiger partial charge is 0.397 e. The van der Waals surface area contributed by atoms with Gasteiger partial charge in [-0.15, -0.1) is 0 Å². The second kappa shape index (κ2) is 4.17. The third-order valence-electron chi connectivity index (χ3n) is 3.46. The lowest BCUT2D eigenvalue weighted by Crippen LogP contribution is -2.41. The van der Waals surface area contributed by atoms with Gasteiger partial charge in [-0.2, -0.15) is 0 Å². The number of carbonyl (C=O) groups is 1. The van der Waals surface area contributed by atoms with E-state index in [4.69, 9.17) is 10.5 Å². The van der Waals surface area contributed by atoms with Gasteiger partial charge >= 0.3 is 0 Å². The van der Waals surface area contributed by atoms with Gasteiger partial charge in [0.15, 0.2) is 0 Å². The zero-order chi connectivity index (χ0) is 12.7. The van der Waals surface area contributed by atoms with Crippen molar-refractivity contribution in [1.29, 1.82) is 0 Å². The quantitative estimate of drug-likeness (QED) is 0.726. The summed E-state index contributed by atoms with van der Waals surface area (Å²) >= 11 is 0. The van der Waals surface area contributed by atoms with Crippen LogP contribution in [0.5, 0.6) is 0 Å². The molecule has 1 unspecified atom stereocenters. The Morgan fingerprint density at radius 2 is 2.33 bits per heavy atom. The summed E-state index contributed by atoms with van der Waals surface area (Å²) in [6, 6.07) is 3.89. The van der Waals surface area contributed by atoms with Crippen LogP contribution in [0.1, 0.15) is 12.5 Å². The highest BCUT2D eigenvalue weighted by atomic mass is 16.5. The molecule has 5 nitrogen and oxygen atoms in total. The number of nitrogens with one attached hydrogen (secondary N) is 1. The van der Waals surface area contributed by atoms with Crippen molar-refractivity contribution >= 4 is 23.0 Å². The highest BCUT2D eigenvalue weighted by Crippen LogP contribution is 2.34. The van der Waals surface area contributed by atoms with Gasteiger partial charge in [0, 0.05) is 18.8 Å². The van der Waals surface area contributed by atoms with Crippen molar-refractivity contribution in [2.75, 3.05) is 35.6 Å². The highest BCUT2D eigenvalue weighted by molar-refractivity contribution is 6.00. The molecule has 3 N–H and O–H groups in total. The molecule has 3 rings (SSSR count). The molecule has 2 aliphatic heterocycles. The number of morpholine rings is 1. The van der Waals surface area contributed by atoms with E-state index in [1.165, 1.54) is 0 Å². The molecule has 1 atom stereocenters. The number of fused-ring (bicyclic) bond motifs is 1. The minimum Gasteiger partial charge on any atom is -0.397 e. The summed E-state index contributed by atoms with van der Waals surface area (Å²) in [5.41, 5.74) is 9.70. The van der Waals surface area contributed by atoms with Gasteiger partial charge in [-0.05, 0) is 24.6 Å². The van der Waals surface area contributed by atoms with E-state index < -0.39 is 0 Å². The van der Waals surface area contributed by atoms with Crippen LogP contribution < -0.4 is 16.0 Å². The molecular formula is C13H17N3O2. The minimum atomic E-state index is 0.0388. The summed E-state index contributed by atoms with van der Waals surface area (Å²) in [6.45, 7) is 4.43. The predicted molar refractivity (Wildman–Crippen MR) is 70.8 cm³/mol. The Bertz CT molecular complexity index is 501. The Morgan fingerprint density at radius 1 is 1.50 bits per heavy atom. The molecule has 0 bridgehead atoms. The van der Waals surface area contributed by atoms with Crippen molar-refractivity contribution in [2.24, 2.45) is 0 Å². The minimum absolute atomic E-state index is 0.0388. The number of nitrogens with zero attached hydrogens (tertiary/aromatic N) is 1. The molecule has 2 heterocycles. The maximum Gasteiger partial charge on any atom is 0.228 e. The van der Waals surface area contributed by atoms with Crippen LogP contribution in [0.3, 0.4) is 0 Å². The Labute approximate surface area is 106 Å². The van der Waals surface area contributed by atoms with Crippen LogP contribution in [0.15, 0.2) is 12.1 Å². The van der Waals surface area contributed by atoms with E-state index in [2.05, 4.69) is 17.1 Å². The average Bonchev–Trinajstić information content (AvgIpc) is 2.67. The van der Waals surface area contributed by atoms with Crippen molar-refractivity contribution < 1.29 is 9.53 Å². The predicted octanol–water partition coefficient (Wildman–Crippen LogP) is 0.989. The smallest absolute Gasteiger partial charge is 0.228 e. The number of hydrogen-bond acceptors (Lipinski definition) is 4.